The van der Waals surface area contributed by atoms with Crippen molar-refractivity contribution in [2.24, 2.45) is 0 Å². The van der Waals surface area contributed by atoms with Crippen LogP contribution in [0.4, 0.5) is 5.69 Å². The van der Waals surface area contributed by atoms with E-state index in [1.807, 2.05) is 54.6 Å². The fraction of sp³-hybridized carbons (Fsp3) is 0.160. The molecule has 0 unspecified atom stereocenters. The Balaban J connectivity index is 1.39. The summed E-state index contributed by atoms with van der Waals surface area (Å²) < 4.78 is 10.2. The molecule has 0 bridgehead atoms. The average molecular weight is 432 g/mol. The van der Waals surface area contributed by atoms with Crippen LogP contribution in [0.15, 0.2) is 84.9 Å². The third-order valence-corrected chi connectivity index (χ3v) is 4.44. The molecule has 0 aliphatic carbocycles. The van der Waals surface area contributed by atoms with Crippen molar-refractivity contribution in [1.29, 1.82) is 0 Å². The molecule has 0 saturated carbocycles. The second kappa shape index (κ2) is 11.9. The van der Waals surface area contributed by atoms with Crippen molar-refractivity contribution >= 4 is 23.5 Å². The minimum absolute atomic E-state index is 0.226. The van der Waals surface area contributed by atoms with Gasteiger partial charge in [-0.15, -0.1) is 0 Å². The lowest BCUT2D eigenvalue weighted by Crippen LogP contribution is -2.35. The van der Waals surface area contributed by atoms with Crippen molar-refractivity contribution in [3.05, 3.63) is 96.1 Å². The third kappa shape index (κ3) is 7.60. The number of nitrogens with one attached hydrogen (secondary N) is 2. The zero-order chi connectivity index (χ0) is 22.6. The summed E-state index contributed by atoms with van der Waals surface area (Å²) in [6.45, 7) is -1.03. The van der Waals surface area contributed by atoms with Crippen LogP contribution in [0.3, 0.4) is 0 Å². The van der Waals surface area contributed by atoms with E-state index in [0.717, 1.165) is 11.1 Å². The van der Waals surface area contributed by atoms with Crippen molar-refractivity contribution < 1.29 is 23.9 Å². The van der Waals surface area contributed by atoms with E-state index in [9.17, 15) is 14.4 Å². The van der Waals surface area contributed by atoms with Gasteiger partial charge in [-0.25, -0.2) is 0 Å². The Morgan fingerprint density at radius 1 is 0.719 bits per heavy atom. The molecule has 2 N–H and O–H groups in total. The van der Waals surface area contributed by atoms with Gasteiger partial charge in [0.1, 0.15) is 12.3 Å². The van der Waals surface area contributed by atoms with Gasteiger partial charge in [0.15, 0.2) is 13.2 Å². The first-order valence-electron chi connectivity index (χ1n) is 10.1. The van der Waals surface area contributed by atoms with E-state index in [4.69, 9.17) is 9.47 Å². The Kier molecular flexibility index (Phi) is 8.39. The topological polar surface area (TPSA) is 93.7 Å². The number of anilines is 1. The van der Waals surface area contributed by atoms with Gasteiger partial charge in [-0.3, -0.25) is 14.4 Å². The fourth-order valence-corrected chi connectivity index (χ4v) is 2.88. The minimum atomic E-state index is -0.717. The van der Waals surface area contributed by atoms with Crippen LogP contribution < -0.4 is 15.4 Å². The molecular weight excluding hydrogens is 408 g/mol. The van der Waals surface area contributed by atoms with Gasteiger partial charge in [-0.1, -0.05) is 66.7 Å². The Bertz CT molecular complexity index is 1040. The van der Waals surface area contributed by atoms with Crippen LogP contribution in [-0.4, -0.2) is 37.5 Å². The van der Waals surface area contributed by atoms with Gasteiger partial charge in [-0.05, 0) is 35.7 Å². The number of esters is 1. The standard InChI is InChI=1S/C25H24N2O5/c28-23(17-31-21-12-5-2-6-13-21)26-16-25(30)32-18-24(29)27-22-14-8-7-11-20(22)15-19-9-3-1-4-10-19/h1-14H,15-18H2,(H,26,28)(H,27,29). The van der Waals surface area contributed by atoms with Crippen LogP contribution in [0.2, 0.25) is 0 Å². The number of carbonyl (C=O) groups excluding carboxylic acids is 3. The summed E-state index contributed by atoms with van der Waals surface area (Å²) in [4.78, 5) is 35.8. The summed E-state index contributed by atoms with van der Waals surface area (Å²) in [5, 5.41) is 5.16. The van der Waals surface area contributed by atoms with Crippen LogP contribution in [0.5, 0.6) is 5.75 Å². The smallest absolute Gasteiger partial charge is 0.325 e. The molecule has 3 aromatic rings. The van der Waals surface area contributed by atoms with Crippen molar-refractivity contribution in [1.82, 2.24) is 5.32 Å². The van der Waals surface area contributed by atoms with Crippen molar-refractivity contribution in [3.8, 4) is 5.75 Å². The Morgan fingerprint density at radius 3 is 2.12 bits per heavy atom. The van der Waals surface area contributed by atoms with Gasteiger partial charge in [0, 0.05) is 5.69 Å². The fourth-order valence-electron chi connectivity index (χ4n) is 2.88. The van der Waals surface area contributed by atoms with Crippen LogP contribution in [0, 0.1) is 0 Å². The molecule has 0 aliphatic rings. The number of ether oxygens (including phenoxy) is 2. The van der Waals surface area contributed by atoms with E-state index in [2.05, 4.69) is 10.6 Å². The highest BCUT2D eigenvalue weighted by molar-refractivity contribution is 5.93. The molecular formula is C25H24N2O5. The predicted octanol–water partition coefficient (Wildman–Crippen LogP) is 2.95. The maximum atomic E-state index is 12.2. The van der Waals surface area contributed by atoms with E-state index in [0.29, 0.717) is 17.9 Å². The molecule has 0 atom stereocenters. The van der Waals surface area contributed by atoms with E-state index < -0.39 is 24.4 Å². The molecule has 3 aromatic carbocycles. The van der Waals surface area contributed by atoms with Gasteiger partial charge in [-0.2, -0.15) is 0 Å². The lowest BCUT2D eigenvalue weighted by molar-refractivity contribution is -0.147. The molecule has 0 heterocycles. The summed E-state index contributed by atoms with van der Waals surface area (Å²) in [7, 11) is 0. The summed E-state index contributed by atoms with van der Waals surface area (Å²) in [6.07, 6.45) is 0.661. The summed E-state index contributed by atoms with van der Waals surface area (Å²) in [5.41, 5.74) is 2.72. The van der Waals surface area contributed by atoms with Gasteiger partial charge in [0.05, 0.1) is 0 Å². The highest BCUT2D eigenvalue weighted by Gasteiger charge is 2.12. The molecule has 0 spiro atoms. The first-order valence-corrected chi connectivity index (χ1v) is 10.1. The van der Waals surface area contributed by atoms with Crippen LogP contribution in [-0.2, 0) is 25.5 Å². The highest BCUT2D eigenvalue weighted by atomic mass is 16.5. The quantitative estimate of drug-likeness (QED) is 0.481. The number of rotatable bonds is 10. The normalized spacial score (nSPS) is 10.1. The van der Waals surface area contributed by atoms with Crippen LogP contribution in [0.1, 0.15) is 11.1 Å². The van der Waals surface area contributed by atoms with Crippen LogP contribution in [0.25, 0.3) is 0 Å². The van der Waals surface area contributed by atoms with Crippen molar-refractivity contribution in [2.45, 2.75) is 6.42 Å². The summed E-state index contributed by atoms with van der Waals surface area (Å²) in [6, 6.07) is 26.2. The number of hydrogen-bond acceptors (Lipinski definition) is 5. The molecule has 3 rings (SSSR count). The second-order valence-electron chi connectivity index (χ2n) is 6.91. The van der Waals surface area contributed by atoms with E-state index in [-0.39, 0.29) is 13.2 Å². The lowest BCUT2D eigenvalue weighted by atomic mass is 10.0. The summed E-state index contributed by atoms with van der Waals surface area (Å²) in [5.74, 6) is -1.09. The Hall–Kier alpha value is -4.13. The molecule has 2 amide bonds. The average Bonchev–Trinajstić information content (AvgIpc) is 2.82. The number of para-hydroxylation sites is 2. The lowest BCUT2D eigenvalue weighted by Gasteiger charge is -2.12. The molecule has 7 nitrogen and oxygen atoms in total. The number of carbonyl (C=O) groups is 3. The largest absolute Gasteiger partial charge is 0.484 e. The Morgan fingerprint density at radius 2 is 1.38 bits per heavy atom. The monoisotopic (exact) mass is 432 g/mol. The minimum Gasteiger partial charge on any atom is -0.484 e. The van der Waals surface area contributed by atoms with Crippen molar-refractivity contribution in [3.63, 3.8) is 0 Å². The van der Waals surface area contributed by atoms with Gasteiger partial charge in [0.25, 0.3) is 11.8 Å². The zero-order valence-electron chi connectivity index (χ0n) is 17.5. The second-order valence-corrected chi connectivity index (χ2v) is 6.91. The number of hydrogen-bond donors (Lipinski definition) is 2. The molecule has 0 radical (unpaired) electrons. The van der Waals surface area contributed by atoms with E-state index in [1.54, 1.807) is 30.3 Å². The van der Waals surface area contributed by atoms with E-state index in [1.165, 1.54) is 0 Å². The van der Waals surface area contributed by atoms with Gasteiger partial charge < -0.3 is 20.1 Å². The zero-order valence-corrected chi connectivity index (χ0v) is 17.5. The molecule has 164 valence electrons. The SMILES string of the molecule is O=C(COc1ccccc1)NCC(=O)OCC(=O)Nc1ccccc1Cc1ccccc1. The molecule has 32 heavy (non-hydrogen) atoms. The first-order chi connectivity index (χ1) is 15.6. The Labute approximate surface area is 186 Å². The van der Waals surface area contributed by atoms with E-state index >= 15 is 0 Å². The predicted molar refractivity (Wildman–Crippen MR) is 120 cm³/mol. The third-order valence-electron chi connectivity index (χ3n) is 4.44. The maximum Gasteiger partial charge on any atom is 0.325 e. The van der Waals surface area contributed by atoms with Crippen LogP contribution >= 0.6 is 0 Å². The molecule has 0 aliphatic heterocycles. The highest BCUT2D eigenvalue weighted by Crippen LogP contribution is 2.19. The maximum absolute atomic E-state index is 12.2. The molecule has 7 heteroatoms. The van der Waals surface area contributed by atoms with Crippen molar-refractivity contribution in [2.75, 3.05) is 25.1 Å². The summed E-state index contributed by atoms with van der Waals surface area (Å²) >= 11 is 0. The number of amides is 2. The molecule has 0 saturated heterocycles. The number of benzene rings is 3. The molecule has 0 aromatic heterocycles. The van der Waals surface area contributed by atoms with Gasteiger partial charge >= 0.3 is 5.97 Å². The molecule has 0 fully saturated rings. The first kappa shape index (κ1) is 22.6. The van der Waals surface area contributed by atoms with Gasteiger partial charge in [0.2, 0.25) is 0 Å².